The lowest BCUT2D eigenvalue weighted by molar-refractivity contribution is -0.110. The van der Waals surface area contributed by atoms with E-state index in [1.807, 2.05) is 19.2 Å². The number of aldehydes is 1. The van der Waals surface area contributed by atoms with Gasteiger partial charge in [0.2, 0.25) is 5.78 Å². The summed E-state index contributed by atoms with van der Waals surface area (Å²) in [6.07, 6.45) is 4.46. The van der Waals surface area contributed by atoms with Crippen molar-refractivity contribution in [3.8, 4) is 5.75 Å². The zero-order chi connectivity index (χ0) is 26.2. The smallest absolute Gasteiger partial charge is 0.211 e. The highest BCUT2D eigenvalue weighted by Crippen LogP contribution is 2.38. The second kappa shape index (κ2) is 9.81. The summed E-state index contributed by atoms with van der Waals surface area (Å²) in [5.74, 6) is -1.19. The van der Waals surface area contributed by atoms with E-state index in [4.69, 9.17) is 9.73 Å². The number of rotatable bonds is 7. The number of Topliss-reactive ketones (excluding diaryl/α,β-unsaturated/α-hetero) is 1. The normalized spacial score (nSPS) is 19.2. The lowest BCUT2D eigenvalue weighted by Crippen LogP contribution is -2.31. The first-order valence-corrected chi connectivity index (χ1v) is 13.3. The molecular formula is C27H27FN2O5S. The van der Waals surface area contributed by atoms with Crippen LogP contribution in [0.1, 0.15) is 40.9 Å². The van der Waals surface area contributed by atoms with Gasteiger partial charge in [0.15, 0.2) is 21.4 Å². The van der Waals surface area contributed by atoms with Crippen LogP contribution in [-0.2, 0) is 20.4 Å². The summed E-state index contributed by atoms with van der Waals surface area (Å²) < 4.78 is 43.7. The Hall–Kier alpha value is -3.59. The van der Waals surface area contributed by atoms with Crippen molar-refractivity contribution in [1.29, 1.82) is 0 Å². The van der Waals surface area contributed by atoms with Gasteiger partial charge in [-0.25, -0.2) is 12.8 Å². The Kier molecular flexibility index (Phi) is 6.95. The molecular weight excluding hydrogens is 483 g/mol. The maximum Gasteiger partial charge on any atom is 0.211 e. The standard InChI is InChI=1S/C27H27FN2O5S/c1-5-36(33,34)15-17-6-8-20-22(10-17)23-13-30(3)19(14-31)12-21(23)16(2)29-26(20)27(32)18-7-9-24(28)25(11-18)35-4/h6-14,16,19H,5,15H2,1-4H3/t16-,19?/m0/s1. The van der Waals surface area contributed by atoms with Crippen LogP contribution in [0.2, 0.25) is 0 Å². The molecule has 0 amide bonds. The van der Waals surface area contributed by atoms with Crippen molar-refractivity contribution in [1.82, 2.24) is 4.90 Å². The predicted octanol–water partition coefficient (Wildman–Crippen LogP) is 3.62. The molecule has 2 aromatic rings. The van der Waals surface area contributed by atoms with Gasteiger partial charge >= 0.3 is 0 Å². The maximum atomic E-state index is 14.0. The van der Waals surface area contributed by atoms with Gasteiger partial charge in [-0.1, -0.05) is 19.1 Å². The number of carbonyl (C=O) groups excluding carboxylic acids is 2. The summed E-state index contributed by atoms with van der Waals surface area (Å²) in [6, 6.07) is 8.07. The minimum Gasteiger partial charge on any atom is -0.494 e. The number of fused-ring (bicyclic) bond motifs is 3. The number of hydrogen-bond donors (Lipinski definition) is 0. The Morgan fingerprint density at radius 3 is 2.61 bits per heavy atom. The lowest BCUT2D eigenvalue weighted by Gasteiger charge is -2.29. The van der Waals surface area contributed by atoms with Gasteiger partial charge in [0.1, 0.15) is 18.0 Å². The molecule has 0 N–H and O–H groups in total. The van der Waals surface area contributed by atoms with Gasteiger partial charge in [0.05, 0.1) is 18.9 Å². The first-order chi connectivity index (χ1) is 17.1. The molecule has 4 rings (SSSR count). The predicted molar refractivity (Wildman–Crippen MR) is 137 cm³/mol. The van der Waals surface area contributed by atoms with Crippen molar-refractivity contribution in [2.75, 3.05) is 19.9 Å². The van der Waals surface area contributed by atoms with Crippen LogP contribution in [0, 0.1) is 5.82 Å². The average molecular weight is 511 g/mol. The van der Waals surface area contributed by atoms with Crippen LogP contribution in [-0.4, -0.2) is 63.1 Å². The monoisotopic (exact) mass is 510 g/mol. The Morgan fingerprint density at radius 1 is 1.19 bits per heavy atom. The van der Waals surface area contributed by atoms with E-state index in [2.05, 4.69) is 0 Å². The number of benzene rings is 2. The van der Waals surface area contributed by atoms with Crippen LogP contribution in [0.3, 0.4) is 0 Å². The zero-order valence-corrected chi connectivity index (χ0v) is 21.3. The van der Waals surface area contributed by atoms with E-state index >= 15 is 0 Å². The molecule has 2 aliphatic heterocycles. The van der Waals surface area contributed by atoms with Gasteiger partial charge < -0.3 is 14.4 Å². The van der Waals surface area contributed by atoms with Gasteiger partial charge in [-0.3, -0.25) is 9.79 Å². The third-order valence-electron chi connectivity index (χ3n) is 6.46. The third-order valence-corrected chi connectivity index (χ3v) is 8.11. The first-order valence-electron chi connectivity index (χ1n) is 11.5. The third kappa shape index (κ3) is 4.75. The fourth-order valence-electron chi connectivity index (χ4n) is 4.40. The van der Waals surface area contributed by atoms with Gasteiger partial charge in [-0.15, -0.1) is 0 Å². The molecule has 36 heavy (non-hydrogen) atoms. The number of carbonyl (C=O) groups is 2. The summed E-state index contributed by atoms with van der Waals surface area (Å²) >= 11 is 0. The van der Waals surface area contributed by atoms with Gasteiger partial charge in [0, 0.05) is 35.7 Å². The van der Waals surface area contributed by atoms with Gasteiger partial charge in [-0.05, 0) is 54.0 Å². The van der Waals surface area contributed by atoms with Crippen molar-refractivity contribution < 1.29 is 27.1 Å². The number of nitrogens with zero attached hydrogens (tertiary/aromatic N) is 2. The number of methoxy groups -OCH3 is 1. The second-order valence-corrected chi connectivity index (χ2v) is 11.2. The molecule has 0 radical (unpaired) electrons. The van der Waals surface area contributed by atoms with Crippen LogP contribution in [0.4, 0.5) is 4.39 Å². The van der Waals surface area contributed by atoms with E-state index in [0.29, 0.717) is 16.7 Å². The van der Waals surface area contributed by atoms with E-state index in [-0.39, 0.29) is 28.5 Å². The van der Waals surface area contributed by atoms with E-state index < -0.39 is 33.5 Å². The van der Waals surface area contributed by atoms with Gasteiger partial charge in [-0.2, -0.15) is 0 Å². The average Bonchev–Trinajstić information content (AvgIpc) is 2.97. The molecule has 0 saturated carbocycles. The molecule has 0 bridgehead atoms. The number of aliphatic imine (C=N–C) groups is 1. The summed E-state index contributed by atoms with van der Waals surface area (Å²) in [5, 5.41) is 0. The maximum absolute atomic E-state index is 14.0. The van der Waals surface area contributed by atoms with Crippen molar-refractivity contribution in [2.24, 2.45) is 4.99 Å². The fourth-order valence-corrected chi connectivity index (χ4v) is 5.29. The molecule has 0 saturated heterocycles. The molecule has 0 fully saturated rings. The van der Waals surface area contributed by atoms with Gasteiger partial charge in [0.25, 0.3) is 0 Å². The van der Waals surface area contributed by atoms with E-state index in [1.54, 1.807) is 37.1 Å². The Balaban J connectivity index is 1.92. The zero-order valence-electron chi connectivity index (χ0n) is 20.5. The van der Waals surface area contributed by atoms with Crippen molar-refractivity contribution in [3.63, 3.8) is 0 Å². The number of likely N-dealkylation sites (N-methyl/N-ethyl adjacent to an activating group) is 1. The summed E-state index contributed by atoms with van der Waals surface area (Å²) in [4.78, 5) is 31.8. The number of ketones is 1. The van der Waals surface area contributed by atoms with Crippen molar-refractivity contribution in [2.45, 2.75) is 31.7 Å². The molecule has 2 atom stereocenters. The van der Waals surface area contributed by atoms with E-state index in [0.717, 1.165) is 17.4 Å². The summed E-state index contributed by atoms with van der Waals surface area (Å²) in [6.45, 7) is 3.43. The van der Waals surface area contributed by atoms with E-state index in [1.165, 1.54) is 25.3 Å². The van der Waals surface area contributed by atoms with Crippen LogP contribution < -0.4 is 4.74 Å². The Labute approximate surface area is 209 Å². The second-order valence-electron chi connectivity index (χ2n) is 8.85. The molecule has 0 aromatic heterocycles. The number of sulfone groups is 1. The molecule has 9 heteroatoms. The number of ether oxygens (including phenoxy) is 1. The van der Waals surface area contributed by atoms with Crippen molar-refractivity contribution in [3.05, 3.63) is 82.3 Å². The molecule has 2 aromatic carbocycles. The largest absolute Gasteiger partial charge is 0.494 e. The lowest BCUT2D eigenvalue weighted by atomic mass is 9.86. The van der Waals surface area contributed by atoms with E-state index in [9.17, 15) is 22.4 Å². The highest BCUT2D eigenvalue weighted by molar-refractivity contribution is 7.90. The Morgan fingerprint density at radius 2 is 1.94 bits per heavy atom. The highest BCUT2D eigenvalue weighted by Gasteiger charge is 2.32. The summed E-state index contributed by atoms with van der Waals surface area (Å²) in [7, 11) is -0.196. The minimum absolute atomic E-state index is 0.0102. The molecule has 2 aliphatic rings. The van der Waals surface area contributed by atoms with Crippen LogP contribution in [0.5, 0.6) is 5.75 Å². The molecule has 0 aliphatic carbocycles. The SMILES string of the molecule is CCS(=O)(=O)Cc1ccc2c(c1)C1=CN(C)C(C=O)C=C1[C@H](C)N=C2C(=O)c1ccc(F)c(OC)c1. The quantitative estimate of drug-likeness (QED) is 0.417. The molecule has 0 spiro atoms. The minimum atomic E-state index is -3.29. The molecule has 1 unspecified atom stereocenters. The molecule has 7 nitrogen and oxygen atoms in total. The first kappa shape index (κ1) is 25.5. The van der Waals surface area contributed by atoms with Crippen molar-refractivity contribution >= 4 is 33.2 Å². The van der Waals surface area contributed by atoms with Crippen LogP contribution >= 0.6 is 0 Å². The van der Waals surface area contributed by atoms with Crippen LogP contribution in [0.15, 0.2) is 59.2 Å². The number of halogens is 1. The highest BCUT2D eigenvalue weighted by atomic mass is 32.2. The Bertz CT molecular complexity index is 1440. The topological polar surface area (TPSA) is 93.1 Å². The van der Waals surface area contributed by atoms with Crippen LogP contribution in [0.25, 0.3) is 5.57 Å². The molecule has 188 valence electrons. The summed E-state index contributed by atoms with van der Waals surface area (Å²) in [5.41, 5.74) is 3.66. The fraction of sp³-hybridized carbons (Fsp3) is 0.296. The molecule has 2 heterocycles. The number of hydrogen-bond acceptors (Lipinski definition) is 7.